The number of ketones is 1. The van der Waals surface area contributed by atoms with Crippen molar-refractivity contribution in [3.8, 4) is 0 Å². The molecule has 0 aromatic heterocycles. The Morgan fingerprint density at radius 1 is 1.19 bits per heavy atom. The van der Waals surface area contributed by atoms with Crippen molar-refractivity contribution in [2.75, 3.05) is 0 Å². The third kappa shape index (κ3) is 2.23. The van der Waals surface area contributed by atoms with E-state index >= 15 is 0 Å². The molecule has 0 radical (unpaired) electrons. The lowest BCUT2D eigenvalue weighted by atomic mass is 9.60. The third-order valence-corrected chi connectivity index (χ3v) is 4.69. The minimum absolute atomic E-state index is 0.303. The van der Waals surface area contributed by atoms with Crippen LogP contribution >= 0.6 is 0 Å². The first-order valence-electron chi connectivity index (χ1n) is 6.92. The molecule has 90 valence electrons. The standard InChI is InChI=1S/C15H24O/c1-2-10-15(11-6-3-7-12-15)13-8-4-5-9-14(13)16/h2,13H,1,3-12H2. The topological polar surface area (TPSA) is 17.1 Å². The second-order valence-corrected chi connectivity index (χ2v) is 5.68. The van der Waals surface area contributed by atoms with E-state index in [0.717, 1.165) is 25.7 Å². The molecule has 0 aromatic rings. The summed E-state index contributed by atoms with van der Waals surface area (Å²) in [7, 11) is 0. The van der Waals surface area contributed by atoms with E-state index in [4.69, 9.17) is 0 Å². The first-order chi connectivity index (χ1) is 7.78. The van der Waals surface area contributed by atoms with Gasteiger partial charge in [0.25, 0.3) is 0 Å². The summed E-state index contributed by atoms with van der Waals surface area (Å²) in [6.45, 7) is 3.91. The highest BCUT2D eigenvalue weighted by Gasteiger charge is 2.42. The van der Waals surface area contributed by atoms with Gasteiger partial charge < -0.3 is 0 Å². The van der Waals surface area contributed by atoms with Crippen LogP contribution in [0.3, 0.4) is 0 Å². The summed E-state index contributed by atoms with van der Waals surface area (Å²) < 4.78 is 0. The van der Waals surface area contributed by atoms with E-state index in [1.807, 2.05) is 6.08 Å². The lowest BCUT2D eigenvalue weighted by Crippen LogP contribution is -2.39. The van der Waals surface area contributed by atoms with Gasteiger partial charge in [-0.3, -0.25) is 4.79 Å². The molecule has 16 heavy (non-hydrogen) atoms. The maximum atomic E-state index is 12.1. The fourth-order valence-corrected chi connectivity index (χ4v) is 3.87. The molecular weight excluding hydrogens is 196 g/mol. The van der Waals surface area contributed by atoms with Crippen LogP contribution in [0.15, 0.2) is 12.7 Å². The highest BCUT2D eigenvalue weighted by atomic mass is 16.1. The van der Waals surface area contributed by atoms with Crippen molar-refractivity contribution in [2.24, 2.45) is 11.3 Å². The first-order valence-corrected chi connectivity index (χ1v) is 6.92. The highest BCUT2D eigenvalue weighted by Crippen LogP contribution is 2.49. The van der Waals surface area contributed by atoms with Crippen molar-refractivity contribution >= 4 is 5.78 Å². The quantitative estimate of drug-likeness (QED) is 0.649. The zero-order chi connectivity index (χ0) is 11.4. The van der Waals surface area contributed by atoms with Gasteiger partial charge in [0.1, 0.15) is 5.78 Å². The van der Waals surface area contributed by atoms with Crippen LogP contribution in [0, 0.1) is 11.3 Å². The molecule has 0 saturated heterocycles. The minimum atomic E-state index is 0.303. The summed E-state index contributed by atoms with van der Waals surface area (Å²) in [5.41, 5.74) is 0.303. The molecule has 0 bridgehead atoms. The van der Waals surface area contributed by atoms with Gasteiger partial charge in [-0.15, -0.1) is 6.58 Å². The normalized spacial score (nSPS) is 30.0. The minimum Gasteiger partial charge on any atom is -0.299 e. The van der Waals surface area contributed by atoms with Gasteiger partial charge in [0, 0.05) is 12.3 Å². The molecule has 0 N–H and O–H groups in total. The van der Waals surface area contributed by atoms with Gasteiger partial charge in [-0.25, -0.2) is 0 Å². The molecule has 0 spiro atoms. The van der Waals surface area contributed by atoms with Crippen molar-refractivity contribution in [3.05, 3.63) is 12.7 Å². The lowest BCUT2D eigenvalue weighted by molar-refractivity contribution is -0.130. The van der Waals surface area contributed by atoms with Crippen LogP contribution in [-0.2, 0) is 4.79 Å². The zero-order valence-corrected chi connectivity index (χ0v) is 10.3. The molecule has 1 unspecified atom stereocenters. The van der Waals surface area contributed by atoms with E-state index in [2.05, 4.69) is 6.58 Å². The molecule has 2 aliphatic carbocycles. The molecule has 2 aliphatic rings. The SMILES string of the molecule is C=CCC1(C2CCCCC2=O)CCCCC1. The molecule has 2 saturated carbocycles. The molecule has 1 atom stereocenters. The van der Waals surface area contributed by atoms with Crippen molar-refractivity contribution in [2.45, 2.75) is 64.2 Å². The Morgan fingerprint density at radius 2 is 1.94 bits per heavy atom. The number of carbonyl (C=O) groups excluding carboxylic acids is 1. The average Bonchev–Trinajstić information content (AvgIpc) is 2.31. The van der Waals surface area contributed by atoms with E-state index in [9.17, 15) is 4.79 Å². The van der Waals surface area contributed by atoms with Crippen molar-refractivity contribution in [3.63, 3.8) is 0 Å². The van der Waals surface area contributed by atoms with Crippen molar-refractivity contribution in [1.29, 1.82) is 0 Å². The van der Waals surface area contributed by atoms with E-state index in [-0.39, 0.29) is 0 Å². The average molecular weight is 220 g/mol. The van der Waals surface area contributed by atoms with Gasteiger partial charge in [0.2, 0.25) is 0 Å². The summed E-state index contributed by atoms with van der Waals surface area (Å²) in [5.74, 6) is 0.912. The molecule has 0 aromatic carbocycles. The molecule has 0 amide bonds. The lowest BCUT2D eigenvalue weighted by Gasteiger charge is -2.44. The molecule has 2 fully saturated rings. The number of allylic oxidation sites excluding steroid dienone is 1. The summed E-state index contributed by atoms with van der Waals surface area (Å²) >= 11 is 0. The molecule has 0 aliphatic heterocycles. The Morgan fingerprint density at radius 3 is 2.56 bits per heavy atom. The fraction of sp³-hybridized carbons (Fsp3) is 0.800. The number of carbonyl (C=O) groups is 1. The summed E-state index contributed by atoms with van der Waals surface area (Å²) in [6, 6.07) is 0. The summed E-state index contributed by atoms with van der Waals surface area (Å²) in [5, 5.41) is 0. The zero-order valence-electron chi connectivity index (χ0n) is 10.3. The Hall–Kier alpha value is -0.590. The van der Waals surface area contributed by atoms with E-state index in [0.29, 0.717) is 17.1 Å². The highest BCUT2D eigenvalue weighted by molar-refractivity contribution is 5.82. The van der Waals surface area contributed by atoms with Crippen molar-refractivity contribution in [1.82, 2.24) is 0 Å². The Kier molecular flexibility index (Phi) is 3.83. The second kappa shape index (κ2) is 5.16. The van der Waals surface area contributed by atoms with Crippen LogP contribution < -0.4 is 0 Å². The largest absolute Gasteiger partial charge is 0.299 e. The van der Waals surface area contributed by atoms with Gasteiger partial charge in [-0.2, -0.15) is 0 Å². The molecule has 1 nitrogen and oxygen atoms in total. The van der Waals surface area contributed by atoms with Gasteiger partial charge in [0.15, 0.2) is 0 Å². The molecule has 0 heterocycles. The van der Waals surface area contributed by atoms with E-state index in [1.54, 1.807) is 0 Å². The predicted molar refractivity (Wildman–Crippen MR) is 67.3 cm³/mol. The van der Waals surface area contributed by atoms with Crippen LogP contribution in [-0.4, -0.2) is 5.78 Å². The van der Waals surface area contributed by atoms with Crippen LogP contribution in [0.25, 0.3) is 0 Å². The maximum Gasteiger partial charge on any atom is 0.136 e. The van der Waals surface area contributed by atoms with E-state index in [1.165, 1.54) is 38.5 Å². The second-order valence-electron chi connectivity index (χ2n) is 5.68. The van der Waals surface area contributed by atoms with Crippen molar-refractivity contribution < 1.29 is 4.79 Å². The summed E-state index contributed by atoms with van der Waals surface area (Å²) in [6.07, 6.45) is 14.0. The Labute approximate surface area is 99.3 Å². The van der Waals surface area contributed by atoms with Gasteiger partial charge in [-0.1, -0.05) is 31.8 Å². The monoisotopic (exact) mass is 220 g/mol. The number of rotatable bonds is 3. The maximum absolute atomic E-state index is 12.1. The first kappa shape index (κ1) is 11.9. The fourth-order valence-electron chi connectivity index (χ4n) is 3.87. The van der Waals surface area contributed by atoms with Gasteiger partial charge in [-0.05, 0) is 37.5 Å². The van der Waals surface area contributed by atoms with Crippen LogP contribution in [0.1, 0.15) is 64.2 Å². The van der Waals surface area contributed by atoms with Crippen LogP contribution in [0.5, 0.6) is 0 Å². The molecular formula is C15H24O. The number of Topliss-reactive ketones (excluding diaryl/α,β-unsaturated/α-hetero) is 1. The Balaban J connectivity index is 2.15. The molecule has 2 rings (SSSR count). The van der Waals surface area contributed by atoms with E-state index < -0.39 is 0 Å². The predicted octanol–water partition coefficient (Wildman–Crippen LogP) is 4.27. The van der Waals surface area contributed by atoms with Gasteiger partial charge in [0.05, 0.1) is 0 Å². The summed E-state index contributed by atoms with van der Waals surface area (Å²) in [4.78, 5) is 12.1. The van der Waals surface area contributed by atoms with Crippen LogP contribution in [0.2, 0.25) is 0 Å². The molecule has 1 heteroatoms. The van der Waals surface area contributed by atoms with Crippen LogP contribution in [0.4, 0.5) is 0 Å². The third-order valence-electron chi connectivity index (χ3n) is 4.69. The Bertz CT molecular complexity index is 261. The number of hydrogen-bond donors (Lipinski definition) is 0. The smallest absolute Gasteiger partial charge is 0.136 e. The number of hydrogen-bond acceptors (Lipinski definition) is 1. The van der Waals surface area contributed by atoms with Gasteiger partial charge >= 0.3 is 0 Å².